The molecule has 1 saturated carbocycles. The molecule has 0 aliphatic heterocycles. The first-order valence-corrected chi connectivity index (χ1v) is 8.80. The van der Waals surface area contributed by atoms with Crippen LogP contribution in [0.25, 0.3) is 0 Å². The van der Waals surface area contributed by atoms with Crippen molar-refractivity contribution in [1.82, 2.24) is 9.80 Å². The van der Waals surface area contributed by atoms with Crippen LogP contribution in [0.5, 0.6) is 0 Å². The largest absolute Gasteiger partial charge is 0.296 e. The summed E-state index contributed by atoms with van der Waals surface area (Å²) < 4.78 is 0. The average molecular weight is 283 g/mol. The van der Waals surface area contributed by atoms with E-state index in [1.165, 1.54) is 25.7 Å². The molecule has 1 aliphatic rings. The number of hydrogen-bond donors (Lipinski definition) is 0. The Morgan fingerprint density at radius 1 is 0.500 bits per heavy atom. The highest BCUT2D eigenvalue weighted by atomic mass is 15.2. The van der Waals surface area contributed by atoms with Crippen LogP contribution in [0.3, 0.4) is 0 Å². The normalized spacial score (nSPS) is 24.9. The maximum atomic E-state index is 2.73. The monoisotopic (exact) mass is 282 g/mol. The van der Waals surface area contributed by atoms with Gasteiger partial charge in [-0.25, -0.2) is 0 Å². The first-order chi connectivity index (χ1) is 9.25. The maximum Gasteiger partial charge on any atom is 0.0102 e. The maximum absolute atomic E-state index is 2.73. The fourth-order valence-corrected chi connectivity index (χ4v) is 4.53. The molecule has 0 bridgehead atoms. The molecule has 1 aliphatic carbocycles. The molecule has 1 rings (SSSR count). The van der Waals surface area contributed by atoms with E-state index in [-0.39, 0.29) is 0 Å². The molecule has 2 heteroatoms. The summed E-state index contributed by atoms with van der Waals surface area (Å²) in [6, 6.07) is 4.27. The van der Waals surface area contributed by atoms with Crippen LogP contribution in [-0.2, 0) is 0 Å². The molecule has 120 valence electrons. The standard InChI is InChI=1S/C18H38N2/c1-13(2)19(14(3)4)17-9-11-18(12-10-17)20(15(5)6)16(7)8/h13-18H,9-12H2,1-8H3. The Morgan fingerprint density at radius 3 is 0.850 bits per heavy atom. The Hall–Kier alpha value is -0.0800. The summed E-state index contributed by atoms with van der Waals surface area (Å²) in [5, 5.41) is 0. The smallest absolute Gasteiger partial charge is 0.0102 e. The molecule has 2 nitrogen and oxygen atoms in total. The van der Waals surface area contributed by atoms with E-state index in [9.17, 15) is 0 Å². The van der Waals surface area contributed by atoms with E-state index in [0.717, 1.165) is 12.1 Å². The number of hydrogen-bond acceptors (Lipinski definition) is 2. The summed E-state index contributed by atoms with van der Waals surface area (Å²) >= 11 is 0. The lowest BCUT2D eigenvalue weighted by Gasteiger charge is -2.46. The van der Waals surface area contributed by atoms with Gasteiger partial charge in [0.05, 0.1) is 0 Å². The van der Waals surface area contributed by atoms with Crippen LogP contribution in [0.2, 0.25) is 0 Å². The lowest BCUT2D eigenvalue weighted by Crippen LogP contribution is -2.51. The molecule has 0 heterocycles. The third kappa shape index (κ3) is 4.46. The highest BCUT2D eigenvalue weighted by Gasteiger charge is 2.32. The van der Waals surface area contributed by atoms with E-state index in [1.807, 2.05) is 0 Å². The van der Waals surface area contributed by atoms with Crippen molar-refractivity contribution in [2.75, 3.05) is 0 Å². The summed E-state index contributed by atoms with van der Waals surface area (Å²) in [6.45, 7) is 18.8. The van der Waals surface area contributed by atoms with Gasteiger partial charge in [0, 0.05) is 36.3 Å². The van der Waals surface area contributed by atoms with Gasteiger partial charge in [0.2, 0.25) is 0 Å². The Kier molecular flexibility index (Phi) is 7.00. The summed E-state index contributed by atoms with van der Waals surface area (Å²) in [5.74, 6) is 0. The summed E-state index contributed by atoms with van der Waals surface area (Å²) in [7, 11) is 0. The zero-order valence-corrected chi connectivity index (χ0v) is 15.2. The van der Waals surface area contributed by atoms with Gasteiger partial charge >= 0.3 is 0 Å². The zero-order chi connectivity index (χ0) is 15.4. The molecule has 0 aromatic heterocycles. The van der Waals surface area contributed by atoms with Crippen LogP contribution in [0.15, 0.2) is 0 Å². The van der Waals surface area contributed by atoms with E-state index in [4.69, 9.17) is 0 Å². The molecule has 0 atom stereocenters. The van der Waals surface area contributed by atoms with Crippen LogP contribution in [0.4, 0.5) is 0 Å². The summed E-state index contributed by atoms with van der Waals surface area (Å²) in [6.07, 6.45) is 5.49. The van der Waals surface area contributed by atoms with Gasteiger partial charge in [-0.05, 0) is 81.1 Å². The Morgan fingerprint density at radius 2 is 0.700 bits per heavy atom. The average Bonchev–Trinajstić information content (AvgIpc) is 2.29. The van der Waals surface area contributed by atoms with Crippen molar-refractivity contribution >= 4 is 0 Å². The third-order valence-electron chi connectivity index (χ3n) is 4.89. The molecule has 0 aromatic rings. The second-order valence-corrected chi connectivity index (χ2v) is 7.73. The second kappa shape index (κ2) is 7.79. The minimum atomic E-state index is 0.669. The SMILES string of the molecule is CC(C)N(C(C)C)C1CCC(N(C(C)C)C(C)C)CC1. The van der Waals surface area contributed by atoms with E-state index in [1.54, 1.807) is 0 Å². The predicted molar refractivity (Wildman–Crippen MR) is 90.3 cm³/mol. The highest BCUT2D eigenvalue weighted by molar-refractivity contribution is 4.88. The number of nitrogens with zero attached hydrogens (tertiary/aromatic N) is 2. The molecule has 0 N–H and O–H groups in total. The van der Waals surface area contributed by atoms with Gasteiger partial charge in [-0.2, -0.15) is 0 Å². The highest BCUT2D eigenvalue weighted by Crippen LogP contribution is 2.30. The lowest BCUT2D eigenvalue weighted by atomic mass is 9.87. The molecule has 0 amide bonds. The Bertz CT molecular complexity index is 219. The van der Waals surface area contributed by atoms with Crippen molar-refractivity contribution in [2.24, 2.45) is 0 Å². The van der Waals surface area contributed by atoms with Crippen molar-refractivity contribution < 1.29 is 0 Å². The van der Waals surface area contributed by atoms with Crippen molar-refractivity contribution in [3.8, 4) is 0 Å². The molecule has 0 saturated heterocycles. The minimum absolute atomic E-state index is 0.669. The van der Waals surface area contributed by atoms with Gasteiger partial charge in [-0.15, -0.1) is 0 Å². The zero-order valence-electron chi connectivity index (χ0n) is 15.2. The molecular weight excluding hydrogens is 244 g/mol. The fourth-order valence-electron chi connectivity index (χ4n) is 4.53. The van der Waals surface area contributed by atoms with Gasteiger partial charge in [-0.1, -0.05) is 0 Å². The minimum Gasteiger partial charge on any atom is -0.296 e. The van der Waals surface area contributed by atoms with E-state index >= 15 is 0 Å². The van der Waals surface area contributed by atoms with Crippen LogP contribution in [-0.4, -0.2) is 46.1 Å². The van der Waals surface area contributed by atoms with Crippen molar-refractivity contribution in [2.45, 2.75) is 117 Å². The van der Waals surface area contributed by atoms with Crippen LogP contribution < -0.4 is 0 Å². The van der Waals surface area contributed by atoms with Gasteiger partial charge in [0.1, 0.15) is 0 Å². The summed E-state index contributed by atoms with van der Waals surface area (Å²) in [5.41, 5.74) is 0. The molecule has 0 unspecified atom stereocenters. The quantitative estimate of drug-likeness (QED) is 0.706. The van der Waals surface area contributed by atoms with Crippen molar-refractivity contribution in [3.63, 3.8) is 0 Å². The van der Waals surface area contributed by atoms with Gasteiger partial charge in [-0.3, -0.25) is 9.80 Å². The van der Waals surface area contributed by atoms with Gasteiger partial charge < -0.3 is 0 Å². The van der Waals surface area contributed by atoms with Crippen LogP contribution in [0.1, 0.15) is 81.1 Å². The van der Waals surface area contributed by atoms with Gasteiger partial charge in [0.15, 0.2) is 0 Å². The second-order valence-electron chi connectivity index (χ2n) is 7.73. The molecule has 20 heavy (non-hydrogen) atoms. The fraction of sp³-hybridized carbons (Fsp3) is 1.00. The Balaban J connectivity index is 2.62. The molecular formula is C18H38N2. The lowest BCUT2D eigenvalue weighted by molar-refractivity contribution is 0.0340. The van der Waals surface area contributed by atoms with E-state index in [0.29, 0.717) is 24.2 Å². The predicted octanol–water partition coefficient (Wildman–Crippen LogP) is 4.54. The molecule has 0 aromatic carbocycles. The van der Waals surface area contributed by atoms with Crippen molar-refractivity contribution in [1.29, 1.82) is 0 Å². The first-order valence-electron chi connectivity index (χ1n) is 8.80. The molecule has 0 spiro atoms. The van der Waals surface area contributed by atoms with Crippen LogP contribution in [0, 0.1) is 0 Å². The van der Waals surface area contributed by atoms with E-state index < -0.39 is 0 Å². The van der Waals surface area contributed by atoms with Crippen LogP contribution >= 0.6 is 0 Å². The summed E-state index contributed by atoms with van der Waals surface area (Å²) in [4.78, 5) is 5.45. The molecule has 1 fully saturated rings. The van der Waals surface area contributed by atoms with Crippen molar-refractivity contribution in [3.05, 3.63) is 0 Å². The van der Waals surface area contributed by atoms with Gasteiger partial charge in [0.25, 0.3) is 0 Å². The topological polar surface area (TPSA) is 6.48 Å². The third-order valence-corrected chi connectivity index (χ3v) is 4.89. The molecule has 0 radical (unpaired) electrons. The number of rotatable bonds is 6. The first kappa shape index (κ1) is 18.0. The Labute approximate surface area is 127 Å². The van der Waals surface area contributed by atoms with E-state index in [2.05, 4.69) is 65.2 Å².